The molecule has 7 heteroatoms. The van der Waals surface area contributed by atoms with Crippen molar-refractivity contribution in [2.45, 2.75) is 45.1 Å². The van der Waals surface area contributed by atoms with Crippen molar-refractivity contribution < 1.29 is 4.79 Å². The monoisotopic (exact) mass is 352 g/mol. The summed E-state index contributed by atoms with van der Waals surface area (Å²) in [4.78, 5) is 17.5. The molecule has 1 aliphatic carbocycles. The Balaban J connectivity index is 1.69. The van der Waals surface area contributed by atoms with Crippen molar-refractivity contribution in [3.05, 3.63) is 41.7 Å². The second kappa shape index (κ2) is 5.79. The first kappa shape index (κ1) is 16.5. The number of anilines is 3. The molecule has 1 amide bonds. The SMILES string of the molecule is CC(C)(C)Nc1c(C2CC2)nc2c(C(=O)Nc3ccc(N)cc3)c[nH]n12. The molecule has 2 aromatic heterocycles. The van der Waals surface area contributed by atoms with E-state index in [4.69, 9.17) is 10.7 Å². The molecule has 136 valence electrons. The number of aromatic nitrogens is 3. The second-order valence-electron chi connectivity index (χ2n) is 7.92. The van der Waals surface area contributed by atoms with Crippen molar-refractivity contribution in [1.29, 1.82) is 0 Å². The topological polar surface area (TPSA) is 100 Å². The standard InChI is InChI=1S/C19H24N6O/c1-19(2,3)24-17-15(11-4-5-11)23-16-14(10-21-25(16)17)18(26)22-13-8-6-12(20)7-9-13/h6-11,21,24H,4-5,20H2,1-3H3,(H,22,26). The van der Waals surface area contributed by atoms with Gasteiger partial charge in [0, 0.05) is 29.0 Å². The van der Waals surface area contributed by atoms with Gasteiger partial charge >= 0.3 is 0 Å². The van der Waals surface area contributed by atoms with Crippen molar-refractivity contribution in [2.75, 3.05) is 16.4 Å². The Labute approximate surface area is 152 Å². The van der Waals surface area contributed by atoms with Crippen LogP contribution in [0.5, 0.6) is 0 Å². The van der Waals surface area contributed by atoms with Gasteiger partial charge in [-0.1, -0.05) is 0 Å². The van der Waals surface area contributed by atoms with Gasteiger partial charge < -0.3 is 16.4 Å². The van der Waals surface area contributed by atoms with Gasteiger partial charge in [0.15, 0.2) is 5.65 Å². The fraction of sp³-hybridized carbons (Fsp3) is 0.368. The van der Waals surface area contributed by atoms with Crippen LogP contribution in [0, 0.1) is 0 Å². The van der Waals surface area contributed by atoms with E-state index in [-0.39, 0.29) is 11.4 Å². The van der Waals surface area contributed by atoms with E-state index >= 15 is 0 Å². The Morgan fingerprint density at radius 1 is 1.27 bits per heavy atom. The first-order valence-electron chi connectivity index (χ1n) is 8.86. The number of amides is 1. The smallest absolute Gasteiger partial charge is 0.261 e. The molecule has 0 spiro atoms. The molecule has 26 heavy (non-hydrogen) atoms. The summed E-state index contributed by atoms with van der Waals surface area (Å²) in [6, 6.07) is 7.08. The highest BCUT2D eigenvalue weighted by molar-refractivity contribution is 6.08. The number of rotatable bonds is 4. The molecule has 4 rings (SSSR count). The van der Waals surface area contributed by atoms with Crippen LogP contribution in [0.25, 0.3) is 5.65 Å². The van der Waals surface area contributed by atoms with Gasteiger partial charge in [0.2, 0.25) is 0 Å². The summed E-state index contributed by atoms with van der Waals surface area (Å²) in [6.45, 7) is 6.34. The third-order valence-electron chi connectivity index (χ3n) is 4.35. The average molecular weight is 352 g/mol. The molecule has 1 aromatic carbocycles. The van der Waals surface area contributed by atoms with Crippen LogP contribution in [-0.2, 0) is 0 Å². The maximum absolute atomic E-state index is 12.7. The molecule has 0 radical (unpaired) electrons. The molecule has 0 saturated heterocycles. The van der Waals surface area contributed by atoms with Gasteiger partial charge in [-0.2, -0.15) is 0 Å². The Hall–Kier alpha value is -2.96. The Morgan fingerprint density at radius 2 is 1.96 bits per heavy atom. The number of carbonyl (C=O) groups excluding carboxylic acids is 1. The van der Waals surface area contributed by atoms with Crippen molar-refractivity contribution in [1.82, 2.24) is 14.6 Å². The first-order chi connectivity index (χ1) is 12.3. The molecule has 3 aromatic rings. The van der Waals surface area contributed by atoms with Gasteiger partial charge in [0.1, 0.15) is 11.4 Å². The number of benzene rings is 1. The van der Waals surface area contributed by atoms with Crippen molar-refractivity contribution in [3.8, 4) is 0 Å². The lowest BCUT2D eigenvalue weighted by Gasteiger charge is -2.22. The van der Waals surface area contributed by atoms with Crippen LogP contribution in [0.4, 0.5) is 17.2 Å². The number of hydrogen-bond acceptors (Lipinski definition) is 4. The van der Waals surface area contributed by atoms with E-state index in [2.05, 4.69) is 36.5 Å². The number of nitrogens with one attached hydrogen (secondary N) is 3. The highest BCUT2D eigenvalue weighted by Crippen LogP contribution is 2.43. The lowest BCUT2D eigenvalue weighted by atomic mass is 10.1. The maximum atomic E-state index is 12.7. The lowest BCUT2D eigenvalue weighted by Crippen LogP contribution is -2.27. The van der Waals surface area contributed by atoms with Gasteiger partial charge in [-0.3, -0.25) is 9.89 Å². The largest absolute Gasteiger partial charge is 0.399 e. The molecule has 0 unspecified atom stereocenters. The minimum atomic E-state index is -0.198. The van der Waals surface area contributed by atoms with Crippen LogP contribution in [-0.4, -0.2) is 26.0 Å². The molecule has 1 saturated carbocycles. The van der Waals surface area contributed by atoms with Gasteiger partial charge in [-0.25, -0.2) is 9.50 Å². The maximum Gasteiger partial charge on any atom is 0.261 e. The summed E-state index contributed by atoms with van der Waals surface area (Å²) in [5.74, 6) is 1.22. The van der Waals surface area contributed by atoms with Gasteiger partial charge in [0.05, 0.1) is 5.69 Å². The minimum Gasteiger partial charge on any atom is -0.399 e. The molecule has 0 atom stereocenters. The van der Waals surface area contributed by atoms with E-state index < -0.39 is 0 Å². The highest BCUT2D eigenvalue weighted by atomic mass is 16.1. The first-order valence-corrected chi connectivity index (χ1v) is 8.86. The number of H-pyrrole nitrogens is 1. The Morgan fingerprint density at radius 3 is 2.58 bits per heavy atom. The van der Waals surface area contributed by atoms with Crippen LogP contribution in [0.3, 0.4) is 0 Å². The fourth-order valence-electron chi connectivity index (χ4n) is 2.99. The van der Waals surface area contributed by atoms with Gasteiger partial charge in [-0.15, -0.1) is 0 Å². The molecule has 5 N–H and O–H groups in total. The number of hydrogen-bond donors (Lipinski definition) is 4. The molecule has 0 bridgehead atoms. The summed E-state index contributed by atoms with van der Waals surface area (Å²) < 4.78 is 1.87. The zero-order valence-electron chi connectivity index (χ0n) is 15.3. The number of fused-ring (bicyclic) bond motifs is 1. The van der Waals surface area contributed by atoms with Crippen LogP contribution in [0.1, 0.15) is 55.6 Å². The van der Waals surface area contributed by atoms with Crippen LogP contribution in [0.15, 0.2) is 30.5 Å². The number of carbonyl (C=O) groups is 1. The fourth-order valence-corrected chi connectivity index (χ4v) is 2.99. The van der Waals surface area contributed by atoms with Gasteiger partial charge in [0.25, 0.3) is 5.91 Å². The number of imidazole rings is 1. The number of nitrogens with two attached hydrogens (primary N) is 1. The summed E-state index contributed by atoms with van der Waals surface area (Å²) in [6.07, 6.45) is 3.98. The molecule has 7 nitrogen and oxygen atoms in total. The zero-order valence-corrected chi connectivity index (χ0v) is 15.3. The van der Waals surface area contributed by atoms with Crippen molar-refractivity contribution >= 4 is 28.7 Å². The van der Waals surface area contributed by atoms with E-state index in [0.29, 0.717) is 28.5 Å². The summed E-state index contributed by atoms with van der Waals surface area (Å²) in [7, 11) is 0. The molecule has 0 aliphatic heterocycles. The second-order valence-corrected chi connectivity index (χ2v) is 7.92. The molecule has 1 fully saturated rings. The van der Waals surface area contributed by atoms with Crippen molar-refractivity contribution in [2.24, 2.45) is 0 Å². The normalized spacial score (nSPS) is 14.6. The Bertz CT molecular complexity index is 956. The Kier molecular flexibility index (Phi) is 3.68. The van der Waals surface area contributed by atoms with Crippen LogP contribution >= 0.6 is 0 Å². The third kappa shape index (κ3) is 3.12. The predicted octanol–water partition coefficient (Wildman–Crippen LogP) is 3.58. The summed E-state index contributed by atoms with van der Waals surface area (Å²) in [5.41, 5.74) is 9.15. The number of nitrogen functional groups attached to an aromatic ring is 1. The zero-order chi connectivity index (χ0) is 18.5. The molecule has 2 heterocycles. The molecule has 1 aliphatic rings. The van der Waals surface area contributed by atoms with E-state index in [0.717, 1.165) is 24.4 Å². The van der Waals surface area contributed by atoms with Crippen molar-refractivity contribution in [3.63, 3.8) is 0 Å². The quantitative estimate of drug-likeness (QED) is 0.539. The van der Waals surface area contributed by atoms with E-state index in [9.17, 15) is 4.79 Å². The minimum absolute atomic E-state index is 0.100. The number of nitrogens with zero attached hydrogens (tertiary/aromatic N) is 2. The number of aromatic amines is 1. The summed E-state index contributed by atoms with van der Waals surface area (Å²) >= 11 is 0. The molecular formula is C19H24N6O. The predicted molar refractivity (Wildman–Crippen MR) is 104 cm³/mol. The highest BCUT2D eigenvalue weighted by Gasteiger charge is 2.33. The molecular weight excluding hydrogens is 328 g/mol. The van der Waals surface area contributed by atoms with E-state index in [1.807, 2.05) is 4.52 Å². The van der Waals surface area contributed by atoms with Gasteiger partial charge in [-0.05, 0) is 57.9 Å². The van der Waals surface area contributed by atoms with E-state index in [1.165, 1.54) is 0 Å². The summed E-state index contributed by atoms with van der Waals surface area (Å²) in [5, 5.41) is 9.59. The van der Waals surface area contributed by atoms with Crippen LogP contribution in [0.2, 0.25) is 0 Å². The van der Waals surface area contributed by atoms with E-state index in [1.54, 1.807) is 30.5 Å². The van der Waals surface area contributed by atoms with Crippen LogP contribution < -0.4 is 16.4 Å². The lowest BCUT2D eigenvalue weighted by molar-refractivity contribution is 0.102. The average Bonchev–Trinajstić information content (AvgIpc) is 3.22. The third-order valence-corrected chi connectivity index (χ3v) is 4.35.